The summed E-state index contributed by atoms with van der Waals surface area (Å²) in [7, 11) is 0. The van der Waals surface area contributed by atoms with Crippen molar-refractivity contribution in [2.75, 3.05) is 23.4 Å². The average molecular weight is 737 g/mol. The van der Waals surface area contributed by atoms with Crippen LogP contribution in [0.1, 0.15) is 93.0 Å². The van der Waals surface area contributed by atoms with E-state index >= 15 is 0 Å². The zero-order valence-electron chi connectivity index (χ0n) is 30.9. The summed E-state index contributed by atoms with van der Waals surface area (Å²) >= 11 is 1.42. The Bertz CT molecular complexity index is 2280. The van der Waals surface area contributed by atoms with Crippen LogP contribution >= 0.6 is 11.3 Å². The average Bonchev–Trinajstić information content (AvgIpc) is 3.65. The van der Waals surface area contributed by atoms with Crippen molar-refractivity contribution >= 4 is 50.1 Å². The number of thiazole rings is 1. The number of anilines is 4. The highest BCUT2D eigenvalue weighted by Crippen LogP contribution is 2.72. The molecule has 0 amide bonds. The lowest BCUT2D eigenvalue weighted by Gasteiger charge is -2.69. The standard InChI is InChI=1S/C40H45FN8O3S/c1-6-52-40-19-37(4)16-38(5,20-40)18-39(17-37,21-40)22-49-24(3)28(15-42-49)27-10-12-31(44-32(27)35(50)51)48-13-7-8-26-23(2)33(46-47-34(26)48)45-36-43-29-14-25(41)9-11-30(29)53-36/h9-12,14-15H,6-8,13,16-22H2,1-5H3,(H,50,51)(H,43,45,46). The summed E-state index contributed by atoms with van der Waals surface area (Å²) in [6.45, 7) is 13.2. The molecule has 1 aliphatic heterocycles. The predicted molar refractivity (Wildman–Crippen MR) is 203 cm³/mol. The number of aromatic carboxylic acids is 1. The Morgan fingerprint density at radius 1 is 1.02 bits per heavy atom. The number of hydrogen-bond acceptors (Lipinski definition) is 10. The predicted octanol–water partition coefficient (Wildman–Crippen LogP) is 8.78. The highest BCUT2D eigenvalue weighted by atomic mass is 32.1. The van der Waals surface area contributed by atoms with Crippen molar-refractivity contribution < 1.29 is 19.0 Å². The zero-order valence-corrected chi connectivity index (χ0v) is 31.7. The Labute approximate surface area is 312 Å². The maximum atomic E-state index is 13.8. The summed E-state index contributed by atoms with van der Waals surface area (Å²) in [5.41, 5.74) is 5.32. The number of benzene rings is 1. The summed E-state index contributed by atoms with van der Waals surface area (Å²) < 4.78 is 23.3. The fraction of sp³-hybridized carbons (Fsp3) is 0.500. The zero-order chi connectivity index (χ0) is 36.9. The molecule has 10 rings (SSSR count). The number of halogens is 1. The van der Waals surface area contributed by atoms with Crippen molar-refractivity contribution in [3.05, 3.63) is 64.9 Å². The van der Waals surface area contributed by atoms with Crippen LogP contribution < -0.4 is 10.2 Å². The number of nitrogens with zero attached hydrogens (tertiary/aromatic N) is 7. The smallest absolute Gasteiger partial charge is 0.355 e. The van der Waals surface area contributed by atoms with Gasteiger partial charge in [-0.15, -0.1) is 10.2 Å². The first-order chi connectivity index (χ1) is 25.3. The minimum absolute atomic E-state index is 0.0161. The number of carboxylic acid groups (broad SMARTS) is 1. The normalized spacial score (nSPS) is 27.4. The number of aromatic nitrogens is 6. The van der Waals surface area contributed by atoms with Crippen molar-refractivity contribution in [2.24, 2.45) is 16.2 Å². The second kappa shape index (κ2) is 12.0. The molecule has 0 radical (unpaired) electrons. The molecule has 5 heterocycles. The molecular weight excluding hydrogens is 692 g/mol. The quantitative estimate of drug-likeness (QED) is 0.151. The maximum absolute atomic E-state index is 13.8. The summed E-state index contributed by atoms with van der Waals surface area (Å²) in [4.78, 5) is 24.1. The van der Waals surface area contributed by atoms with E-state index in [1.54, 1.807) is 6.07 Å². The molecule has 4 aromatic heterocycles. The number of fused-ring (bicyclic) bond motifs is 2. The van der Waals surface area contributed by atoms with Gasteiger partial charge in [-0.3, -0.25) is 4.68 Å². The number of rotatable bonds is 9. The third-order valence-electron chi connectivity index (χ3n) is 12.3. The van der Waals surface area contributed by atoms with Gasteiger partial charge >= 0.3 is 5.97 Å². The van der Waals surface area contributed by atoms with Crippen LogP contribution in [-0.2, 0) is 17.7 Å². The van der Waals surface area contributed by atoms with E-state index in [0.717, 1.165) is 85.2 Å². The molecule has 0 saturated heterocycles. The van der Waals surface area contributed by atoms with E-state index in [1.165, 1.54) is 29.9 Å². The molecule has 4 fully saturated rings. The van der Waals surface area contributed by atoms with Gasteiger partial charge in [-0.05, 0) is 113 Å². The molecule has 53 heavy (non-hydrogen) atoms. The molecule has 11 nitrogen and oxygen atoms in total. The second-order valence-electron chi connectivity index (χ2n) is 17.0. The largest absolute Gasteiger partial charge is 0.476 e. The minimum Gasteiger partial charge on any atom is -0.476 e. The first-order valence-electron chi connectivity index (χ1n) is 18.7. The number of carbonyl (C=O) groups is 1. The second-order valence-corrected chi connectivity index (χ2v) is 18.0. The van der Waals surface area contributed by atoms with Gasteiger partial charge in [-0.2, -0.15) is 5.10 Å². The molecule has 4 aliphatic carbocycles. The van der Waals surface area contributed by atoms with Crippen LogP contribution in [0.5, 0.6) is 0 Å². The van der Waals surface area contributed by atoms with Gasteiger partial charge in [0.1, 0.15) is 11.6 Å². The van der Waals surface area contributed by atoms with Gasteiger partial charge in [-0.1, -0.05) is 25.2 Å². The van der Waals surface area contributed by atoms with Gasteiger partial charge in [0.05, 0.1) is 22.0 Å². The maximum Gasteiger partial charge on any atom is 0.355 e. The summed E-state index contributed by atoms with van der Waals surface area (Å²) in [5.74, 6) is 0.330. The first kappa shape index (κ1) is 34.3. The van der Waals surface area contributed by atoms with Crippen LogP contribution in [0.3, 0.4) is 0 Å². The Hall–Kier alpha value is -4.49. The third-order valence-corrected chi connectivity index (χ3v) is 13.3. The molecule has 2 N–H and O–H groups in total. The lowest BCUT2D eigenvalue weighted by atomic mass is 9.39. The van der Waals surface area contributed by atoms with E-state index in [2.05, 4.69) is 46.0 Å². The fourth-order valence-electron chi connectivity index (χ4n) is 11.6. The van der Waals surface area contributed by atoms with E-state index in [0.29, 0.717) is 40.2 Å². The summed E-state index contributed by atoms with van der Waals surface area (Å²) in [6, 6.07) is 8.30. The number of ether oxygens (including phenoxy) is 1. The van der Waals surface area contributed by atoms with Crippen molar-refractivity contribution in [2.45, 2.75) is 98.1 Å². The number of carboxylic acids is 1. The van der Waals surface area contributed by atoms with Crippen molar-refractivity contribution in [3.63, 3.8) is 0 Å². The molecule has 276 valence electrons. The van der Waals surface area contributed by atoms with Crippen LogP contribution in [0.2, 0.25) is 0 Å². The van der Waals surface area contributed by atoms with Crippen LogP contribution in [0.15, 0.2) is 36.5 Å². The van der Waals surface area contributed by atoms with Gasteiger partial charge in [0.2, 0.25) is 0 Å². The monoisotopic (exact) mass is 736 g/mol. The van der Waals surface area contributed by atoms with Gasteiger partial charge in [0.25, 0.3) is 0 Å². The molecule has 0 spiro atoms. The summed E-state index contributed by atoms with van der Waals surface area (Å²) in [5, 5.41) is 28.4. The first-order valence-corrected chi connectivity index (χ1v) is 19.5. The highest BCUT2D eigenvalue weighted by Gasteiger charge is 2.66. The van der Waals surface area contributed by atoms with Crippen LogP contribution in [0, 0.1) is 35.9 Å². The fourth-order valence-corrected chi connectivity index (χ4v) is 12.4. The molecule has 5 aromatic rings. The van der Waals surface area contributed by atoms with Crippen molar-refractivity contribution in [3.8, 4) is 11.1 Å². The van der Waals surface area contributed by atoms with Gasteiger partial charge in [0.15, 0.2) is 22.5 Å². The van der Waals surface area contributed by atoms with Gasteiger partial charge < -0.3 is 20.1 Å². The Kier molecular flexibility index (Phi) is 7.77. The van der Waals surface area contributed by atoms with E-state index < -0.39 is 5.97 Å². The van der Waals surface area contributed by atoms with E-state index in [9.17, 15) is 14.3 Å². The third kappa shape index (κ3) is 5.78. The molecule has 5 aliphatic rings. The van der Waals surface area contributed by atoms with Crippen LogP contribution in [0.25, 0.3) is 21.3 Å². The van der Waals surface area contributed by atoms with Crippen molar-refractivity contribution in [1.29, 1.82) is 0 Å². The minimum atomic E-state index is -1.09. The Morgan fingerprint density at radius 2 is 1.81 bits per heavy atom. The molecule has 4 bridgehead atoms. The number of nitrogens with one attached hydrogen (secondary N) is 1. The lowest BCUT2D eigenvalue weighted by molar-refractivity contribution is -0.246. The van der Waals surface area contributed by atoms with Gasteiger partial charge in [-0.25, -0.2) is 19.2 Å². The molecule has 2 unspecified atom stereocenters. The molecule has 1 aromatic carbocycles. The summed E-state index contributed by atoms with van der Waals surface area (Å²) in [6.07, 6.45) is 10.3. The molecular formula is C40H45FN8O3S. The highest BCUT2D eigenvalue weighted by molar-refractivity contribution is 7.22. The van der Waals surface area contributed by atoms with E-state index in [4.69, 9.17) is 14.8 Å². The Balaban J connectivity index is 0.999. The molecule has 4 saturated carbocycles. The van der Waals surface area contributed by atoms with Crippen LogP contribution in [-0.4, -0.2) is 59.8 Å². The topological polar surface area (TPSA) is 131 Å². The van der Waals surface area contributed by atoms with Gasteiger partial charge in [0, 0.05) is 53.7 Å². The van der Waals surface area contributed by atoms with Crippen LogP contribution in [0.4, 0.5) is 27.0 Å². The van der Waals surface area contributed by atoms with E-state index in [1.807, 2.05) is 37.1 Å². The molecule has 2 atom stereocenters. The Morgan fingerprint density at radius 3 is 2.57 bits per heavy atom. The number of hydrogen-bond donors (Lipinski definition) is 2. The molecule has 13 heteroatoms. The van der Waals surface area contributed by atoms with E-state index in [-0.39, 0.29) is 33.4 Å². The lowest BCUT2D eigenvalue weighted by Crippen LogP contribution is -2.64. The van der Waals surface area contributed by atoms with Crippen molar-refractivity contribution in [1.82, 2.24) is 29.9 Å². The SMILES string of the molecule is CCOC12CC3(C)CC(C)(CC(Cn4ncc(-c5ccc(N6CCCc7c6nnc(Nc6nc8cc(F)ccc8s6)c7C)nc5C(=O)O)c4C)(C3)C1)C2. The number of pyridine rings is 1.